The van der Waals surface area contributed by atoms with Gasteiger partial charge in [-0.25, -0.2) is 13.2 Å². The van der Waals surface area contributed by atoms with Crippen LogP contribution in [0.5, 0.6) is 0 Å². The van der Waals surface area contributed by atoms with Crippen molar-refractivity contribution in [2.75, 3.05) is 26.3 Å². The van der Waals surface area contributed by atoms with Gasteiger partial charge < -0.3 is 21.1 Å². The number of sulfonamides is 1. The number of benzene rings is 2. The quantitative estimate of drug-likeness (QED) is 0.530. The number of carbonyl (C=O) groups is 2. The Morgan fingerprint density at radius 1 is 1.09 bits per heavy atom. The van der Waals surface area contributed by atoms with E-state index in [-0.39, 0.29) is 23.8 Å². The van der Waals surface area contributed by atoms with Gasteiger partial charge in [-0.1, -0.05) is 41.9 Å². The van der Waals surface area contributed by atoms with E-state index in [9.17, 15) is 18.0 Å². The van der Waals surface area contributed by atoms with Crippen molar-refractivity contribution in [1.82, 2.24) is 14.9 Å². The summed E-state index contributed by atoms with van der Waals surface area (Å²) < 4.78 is 32.0. The van der Waals surface area contributed by atoms with Crippen LogP contribution in [0.3, 0.4) is 0 Å². The molecular weight excluding hydrogens is 456 g/mol. The van der Waals surface area contributed by atoms with Crippen molar-refractivity contribution in [3.05, 3.63) is 64.7 Å². The first-order valence-electron chi connectivity index (χ1n) is 10.0. The van der Waals surface area contributed by atoms with Gasteiger partial charge in [0, 0.05) is 24.7 Å². The van der Waals surface area contributed by atoms with Crippen molar-refractivity contribution in [1.29, 1.82) is 0 Å². The Balaban J connectivity index is 1.60. The Hall–Kier alpha value is -2.66. The van der Waals surface area contributed by atoms with Gasteiger partial charge in [-0.15, -0.1) is 0 Å². The molecule has 1 saturated heterocycles. The molecule has 0 saturated carbocycles. The van der Waals surface area contributed by atoms with Crippen LogP contribution in [-0.2, 0) is 26.1 Å². The second kappa shape index (κ2) is 10.8. The second-order valence-corrected chi connectivity index (χ2v) is 9.57. The molecule has 1 aliphatic rings. The molecule has 2 aromatic rings. The number of urea groups is 1. The average Bonchev–Trinajstić information content (AvgIpc) is 2.78. The molecule has 1 aliphatic heterocycles. The fourth-order valence-corrected chi connectivity index (χ4v) is 5.02. The minimum absolute atomic E-state index is 0.0594. The third-order valence-electron chi connectivity index (χ3n) is 5.01. The van der Waals surface area contributed by atoms with Gasteiger partial charge in [0.1, 0.15) is 0 Å². The van der Waals surface area contributed by atoms with Crippen LogP contribution in [0, 0.1) is 0 Å². The van der Waals surface area contributed by atoms with Crippen molar-refractivity contribution in [2.24, 2.45) is 5.73 Å². The van der Waals surface area contributed by atoms with E-state index in [1.54, 1.807) is 36.4 Å². The molecule has 0 aliphatic carbocycles. The standard InChI is InChI=1S/C21H25ClN4O5S/c22-18-4-2-1-3-17(18)19(25-21(23)28)13-20(27)24-14-15-5-7-16(8-6-15)32(29,30)26-9-11-31-12-10-26/h1-8,19H,9-14H2,(H,24,27)(H3,23,25,28)/t19-/m1/s1. The Morgan fingerprint density at radius 3 is 2.38 bits per heavy atom. The van der Waals surface area contributed by atoms with Crippen LogP contribution in [-0.4, -0.2) is 51.0 Å². The number of rotatable bonds is 8. The summed E-state index contributed by atoms with van der Waals surface area (Å²) in [5.74, 6) is -0.325. The average molecular weight is 481 g/mol. The van der Waals surface area contributed by atoms with Gasteiger partial charge in [0.05, 0.1) is 30.6 Å². The molecule has 4 N–H and O–H groups in total. The summed E-state index contributed by atoms with van der Waals surface area (Å²) in [7, 11) is -3.57. The Labute approximate surface area is 191 Å². The van der Waals surface area contributed by atoms with Crippen LogP contribution in [0.2, 0.25) is 5.02 Å². The molecular formula is C21H25ClN4O5S. The van der Waals surface area contributed by atoms with Crippen LogP contribution < -0.4 is 16.4 Å². The van der Waals surface area contributed by atoms with Crippen molar-refractivity contribution in [2.45, 2.75) is 23.9 Å². The van der Waals surface area contributed by atoms with Crippen LogP contribution >= 0.6 is 11.6 Å². The number of primary amides is 1. The summed E-state index contributed by atoms with van der Waals surface area (Å²) in [6, 6.07) is 11.8. The maximum atomic E-state index is 12.7. The van der Waals surface area contributed by atoms with E-state index in [2.05, 4.69) is 10.6 Å². The molecule has 172 valence electrons. The largest absolute Gasteiger partial charge is 0.379 e. The summed E-state index contributed by atoms with van der Waals surface area (Å²) in [4.78, 5) is 24.0. The van der Waals surface area contributed by atoms with E-state index in [1.807, 2.05) is 0 Å². The molecule has 0 spiro atoms. The summed E-state index contributed by atoms with van der Waals surface area (Å²) in [6.45, 7) is 1.60. The zero-order valence-electron chi connectivity index (χ0n) is 17.3. The number of nitrogens with two attached hydrogens (primary N) is 1. The highest BCUT2D eigenvalue weighted by molar-refractivity contribution is 7.89. The molecule has 1 fully saturated rings. The predicted octanol–water partition coefficient (Wildman–Crippen LogP) is 1.78. The van der Waals surface area contributed by atoms with Gasteiger partial charge in [0.25, 0.3) is 0 Å². The van der Waals surface area contributed by atoms with Crippen molar-refractivity contribution in [3.63, 3.8) is 0 Å². The summed E-state index contributed by atoms with van der Waals surface area (Å²) in [6.07, 6.45) is -0.0594. The molecule has 1 heterocycles. The van der Waals surface area contributed by atoms with Crippen LogP contribution in [0.4, 0.5) is 4.79 Å². The number of hydrogen-bond acceptors (Lipinski definition) is 5. The zero-order chi connectivity index (χ0) is 23.1. The van der Waals surface area contributed by atoms with Crippen molar-refractivity contribution in [3.8, 4) is 0 Å². The highest BCUT2D eigenvalue weighted by atomic mass is 35.5. The first kappa shape index (κ1) is 24.0. The third-order valence-corrected chi connectivity index (χ3v) is 7.26. The lowest BCUT2D eigenvalue weighted by Gasteiger charge is -2.26. The molecule has 0 radical (unpaired) electrons. The third kappa shape index (κ3) is 6.19. The number of amides is 3. The Kier molecular flexibility index (Phi) is 8.08. The molecule has 3 amide bonds. The Morgan fingerprint density at radius 2 is 1.75 bits per heavy atom. The Bertz CT molecular complexity index is 1060. The van der Waals surface area contributed by atoms with Gasteiger partial charge in [-0.05, 0) is 29.3 Å². The van der Waals surface area contributed by atoms with E-state index in [0.717, 1.165) is 5.56 Å². The smallest absolute Gasteiger partial charge is 0.312 e. The number of nitrogens with zero attached hydrogens (tertiary/aromatic N) is 1. The van der Waals surface area contributed by atoms with Gasteiger partial charge >= 0.3 is 6.03 Å². The molecule has 1 atom stereocenters. The molecule has 0 unspecified atom stereocenters. The van der Waals surface area contributed by atoms with Crippen molar-refractivity contribution >= 4 is 33.6 Å². The molecule has 0 bridgehead atoms. The SMILES string of the molecule is NC(=O)N[C@H](CC(=O)NCc1ccc(S(=O)(=O)N2CCOCC2)cc1)c1ccccc1Cl. The molecule has 9 nitrogen and oxygen atoms in total. The topological polar surface area (TPSA) is 131 Å². The summed E-state index contributed by atoms with van der Waals surface area (Å²) >= 11 is 6.18. The number of carbonyl (C=O) groups excluding carboxylic acids is 2. The zero-order valence-corrected chi connectivity index (χ0v) is 18.9. The minimum atomic E-state index is -3.57. The number of nitrogens with one attached hydrogen (secondary N) is 2. The predicted molar refractivity (Wildman–Crippen MR) is 119 cm³/mol. The van der Waals surface area contributed by atoms with Gasteiger partial charge in [0.2, 0.25) is 15.9 Å². The number of hydrogen-bond donors (Lipinski definition) is 3. The summed E-state index contributed by atoms with van der Waals surface area (Å²) in [5, 5.41) is 5.71. The highest BCUT2D eigenvalue weighted by Crippen LogP contribution is 2.25. The lowest BCUT2D eigenvalue weighted by atomic mass is 10.0. The van der Waals surface area contributed by atoms with E-state index in [1.165, 1.54) is 16.4 Å². The van der Waals surface area contributed by atoms with E-state index in [0.29, 0.717) is 36.9 Å². The monoisotopic (exact) mass is 480 g/mol. The van der Waals surface area contributed by atoms with Gasteiger partial charge in [-0.3, -0.25) is 4.79 Å². The fourth-order valence-electron chi connectivity index (χ4n) is 3.34. The molecule has 0 aromatic heterocycles. The number of morpholine rings is 1. The molecule has 2 aromatic carbocycles. The van der Waals surface area contributed by atoms with E-state index >= 15 is 0 Å². The lowest BCUT2D eigenvalue weighted by molar-refractivity contribution is -0.121. The lowest BCUT2D eigenvalue weighted by Crippen LogP contribution is -2.40. The first-order valence-corrected chi connectivity index (χ1v) is 11.8. The van der Waals surface area contributed by atoms with E-state index < -0.39 is 22.1 Å². The highest BCUT2D eigenvalue weighted by Gasteiger charge is 2.26. The second-order valence-electron chi connectivity index (χ2n) is 7.22. The molecule has 11 heteroatoms. The fraction of sp³-hybridized carbons (Fsp3) is 0.333. The van der Waals surface area contributed by atoms with Gasteiger partial charge in [0.15, 0.2) is 0 Å². The molecule has 32 heavy (non-hydrogen) atoms. The van der Waals surface area contributed by atoms with Gasteiger partial charge in [-0.2, -0.15) is 4.31 Å². The molecule has 3 rings (SSSR count). The summed E-state index contributed by atoms with van der Waals surface area (Å²) in [5.41, 5.74) is 6.56. The normalized spacial score (nSPS) is 15.7. The van der Waals surface area contributed by atoms with Crippen LogP contribution in [0.15, 0.2) is 53.4 Å². The van der Waals surface area contributed by atoms with E-state index in [4.69, 9.17) is 22.1 Å². The van der Waals surface area contributed by atoms with Crippen LogP contribution in [0.1, 0.15) is 23.6 Å². The van der Waals surface area contributed by atoms with Crippen LogP contribution in [0.25, 0.3) is 0 Å². The first-order chi connectivity index (χ1) is 15.3. The van der Waals surface area contributed by atoms with Crippen molar-refractivity contribution < 1.29 is 22.7 Å². The minimum Gasteiger partial charge on any atom is -0.379 e. The maximum absolute atomic E-state index is 12.7. The number of halogens is 1. The number of ether oxygens (including phenoxy) is 1. The maximum Gasteiger partial charge on any atom is 0.312 e.